The van der Waals surface area contributed by atoms with Gasteiger partial charge in [0.1, 0.15) is 17.4 Å². The predicted molar refractivity (Wildman–Crippen MR) is 91.6 cm³/mol. The highest BCUT2D eigenvalue weighted by Crippen LogP contribution is 2.23. The number of H-pyrrole nitrogens is 1. The molecule has 25 heavy (non-hydrogen) atoms. The van der Waals surface area contributed by atoms with Crippen molar-refractivity contribution in [3.05, 3.63) is 65.4 Å². The van der Waals surface area contributed by atoms with Crippen LogP contribution in [0.3, 0.4) is 0 Å². The van der Waals surface area contributed by atoms with Crippen LogP contribution in [0.15, 0.2) is 42.6 Å². The number of nitrogens with one attached hydrogen (secondary N) is 2. The molecule has 1 heterocycles. The molecule has 130 valence electrons. The number of aromatic nitrogens is 1. The summed E-state index contributed by atoms with van der Waals surface area (Å²) in [6, 6.07) is 8.98. The quantitative estimate of drug-likeness (QED) is 0.720. The van der Waals surface area contributed by atoms with Crippen molar-refractivity contribution < 1.29 is 18.3 Å². The van der Waals surface area contributed by atoms with Crippen LogP contribution >= 0.6 is 0 Å². The molecule has 3 aromatic rings. The van der Waals surface area contributed by atoms with Gasteiger partial charge in [0, 0.05) is 29.7 Å². The minimum atomic E-state index is -0.617. The van der Waals surface area contributed by atoms with Crippen LogP contribution in [0, 0.1) is 11.6 Å². The zero-order chi connectivity index (χ0) is 17.8. The van der Waals surface area contributed by atoms with E-state index in [4.69, 9.17) is 4.74 Å². The van der Waals surface area contributed by atoms with E-state index in [9.17, 15) is 13.6 Å². The number of rotatable bonds is 6. The van der Waals surface area contributed by atoms with Gasteiger partial charge in [-0.2, -0.15) is 0 Å². The van der Waals surface area contributed by atoms with E-state index in [2.05, 4.69) is 10.3 Å². The molecular weight excluding hydrogens is 326 g/mol. The first-order chi connectivity index (χ1) is 12.0. The first-order valence-corrected chi connectivity index (χ1v) is 7.91. The number of amides is 1. The van der Waals surface area contributed by atoms with Crippen molar-refractivity contribution in [3.8, 4) is 5.75 Å². The van der Waals surface area contributed by atoms with Crippen LogP contribution in [0.2, 0.25) is 0 Å². The summed E-state index contributed by atoms with van der Waals surface area (Å²) in [6.45, 7) is 0.313. The SMILES string of the molecule is COc1ccc2[nH]cc(CC(=O)NCCc3cc(F)cc(F)c3)c2c1. The number of hydrogen-bond acceptors (Lipinski definition) is 2. The largest absolute Gasteiger partial charge is 0.497 e. The molecule has 1 aromatic heterocycles. The Morgan fingerprint density at radius 3 is 2.64 bits per heavy atom. The number of hydrogen-bond donors (Lipinski definition) is 2. The Bertz CT molecular complexity index is 885. The zero-order valence-electron chi connectivity index (χ0n) is 13.7. The van der Waals surface area contributed by atoms with Crippen molar-refractivity contribution >= 4 is 16.8 Å². The fraction of sp³-hybridized carbons (Fsp3) is 0.211. The van der Waals surface area contributed by atoms with Gasteiger partial charge in [-0.15, -0.1) is 0 Å². The van der Waals surface area contributed by atoms with E-state index < -0.39 is 11.6 Å². The molecule has 0 saturated carbocycles. The van der Waals surface area contributed by atoms with Gasteiger partial charge in [-0.25, -0.2) is 8.78 Å². The third-order valence-electron chi connectivity index (χ3n) is 3.98. The van der Waals surface area contributed by atoms with Gasteiger partial charge in [-0.3, -0.25) is 4.79 Å². The van der Waals surface area contributed by atoms with Crippen molar-refractivity contribution in [1.82, 2.24) is 10.3 Å². The second kappa shape index (κ2) is 7.34. The summed E-state index contributed by atoms with van der Waals surface area (Å²) in [7, 11) is 1.59. The number of fused-ring (bicyclic) bond motifs is 1. The minimum Gasteiger partial charge on any atom is -0.497 e. The fourth-order valence-electron chi connectivity index (χ4n) is 2.77. The molecule has 0 aliphatic carbocycles. The Morgan fingerprint density at radius 1 is 1.16 bits per heavy atom. The Hall–Kier alpha value is -2.89. The molecule has 0 aliphatic heterocycles. The topological polar surface area (TPSA) is 54.1 Å². The molecule has 0 spiro atoms. The molecule has 0 saturated heterocycles. The van der Waals surface area contributed by atoms with Crippen molar-refractivity contribution in [2.45, 2.75) is 12.8 Å². The molecule has 2 aromatic carbocycles. The third kappa shape index (κ3) is 4.15. The standard InChI is InChI=1S/C19H18F2N2O2/c1-25-16-2-3-18-17(10-16)13(11-23-18)8-19(24)22-5-4-12-6-14(20)9-15(21)7-12/h2-3,6-7,9-11,23H,4-5,8H2,1H3,(H,22,24). The molecular formula is C19H18F2N2O2. The lowest BCUT2D eigenvalue weighted by atomic mass is 10.1. The molecule has 3 rings (SSSR count). The molecule has 0 atom stereocenters. The molecule has 0 radical (unpaired) electrons. The molecule has 1 amide bonds. The number of halogens is 2. The van der Waals surface area contributed by atoms with Gasteiger partial charge in [-0.1, -0.05) is 0 Å². The van der Waals surface area contributed by atoms with Gasteiger partial charge in [0.15, 0.2) is 0 Å². The van der Waals surface area contributed by atoms with Gasteiger partial charge in [0.05, 0.1) is 13.5 Å². The molecule has 0 unspecified atom stereocenters. The Balaban J connectivity index is 1.59. The highest BCUT2D eigenvalue weighted by molar-refractivity contribution is 5.89. The Morgan fingerprint density at radius 2 is 1.92 bits per heavy atom. The summed E-state index contributed by atoms with van der Waals surface area (Å²) in [5.41, 5.74) is 2.30. The average Bonchev–Trinajstić information content (AvgIpc) is 2.96. The van der Waals surface area contributed by atoms with Gasteiger partial charge < -0.3 is 15.0 Å². The van der Waals surface area contributed by atoms with Gasteiger partial charge in [0.25, 0.3) is 0 Å². The van der Waals surface area contributed by atoms with Crippen molar-refractivity contribution in [3.63, 3.8) is 0 Å². The first kappa shape index (κ1) is 17.0. The summed E-state index contributed by atoms with van der Waals surface area (Å²) in [5, 5.41) is 3.70. The van der Waals surface area contributed by atoms with Gasteiger partial charge >= 0.3 is 0 Å². The summed E-state index contributed by atoms with van der Waals surface area (Å²) in [4.78, 5) is 15.2. The van der Waals surface area contributed by atoms with Crippen LogP contribution in [-0.4, -0.2) is 24.5 Å². The number of carbonyl (C=O) groups is 1. The minimum absolute atomic E-state index is 0.152. The molecule has 0 aliphatic rings. The predicted octanol–water partition coefficient (Wildman–Crippen LogP) is 3.36. The van der Waals surface area contributed by atoms with Gasteiger partial charge in [-0.05, 0) is 47.9 Å². The summed E-state index contributed by atoms with van der Waals surface area (Å²) in [6.07, 6.45) is 2.37. The highest BCUT2D eigenvalue weighted by atomic mass is 19.1. The van der Waals surface area contributed by atoms with Crippen molar-refractivity contribution in [2.75, 3.05) is 13.7 Å². The summed E-state index contributed by atoms with van der Waals surface area (Å²) >= 11 is 0. The zero-order valence-corrected chi connectivity index (χ0v) is 13.7. The highest BCUT2D eigenvalue weighted by Gasteiger charge is 2.10. The number of carbonyl (C=O) groups excluding carboxylic acids is 1. The second-order valence-corrected chi connectivity index (χ2v) is 5.78. The fourth-order valence-corrected chi connectivity index (χ4v) is 2.77. The van der Waals surface area contributed by atoms with E-state index in [-0.39, 0.29) is 12.3 Å². The van der Waals surface area contributed by atoms with Crippen LogP contribution in [0.1, 0.15) is 11.1 Å². The third-order valence-corrected chi connectivity index (χ3v) is 3.98. The van der Waals surface area contributed by atoms with E-state index >= 15 is 0 Å². The molecule has 4 nitrogen and oxygen atoms in total. The maximum Gasteiger partial charge on any atom is 0.224 e. The van der Waals surface area contributed by atoms with E-state index in [1.807, 2.05) is 18.2 Å². The molecule has 0 fully saturated rings. The van der Waals surface area contributed by atoms with E-state index in [1.165, 1.54) is 12.1 Å². The summed E-state index contributed by atoms with van der Waals surface area (Å²) < 4.78 is 31.5. The number of benzene rings is 2. The van der Waals surface area contributed by atoms with Gasteiger partial charge in [0.2, 0.25) is 5.91 Å². The first-order valence-electron chi connectivity index (χ1n) is 7.91. The summed E-state index contributed by atoms with van der Waals surface area (Å²) in [5.74, 6) is -0.661. The smallest absolute Gasteiger partial charge is 0.224 e. The van der Waals surface area contributed by atoms with E-state index in [0.717, 1.165) is 28.3 Å². The number of ether oxygens (including phenoxy) is 1. The lowest BCUT2D eigenvalue weighted by molar-refractivity contribution is -0.120. The molecule has 0 bridgehead atoms. The van der Waals surface area contributed by atoms with E-state index in [1.54, 1.807) is 13.3 Å². The Labute approximate surface area is 143 Å². The van der Waals surface area contributed by atoms with Crippen LogP contribution in [0.4, 0.5) is 8.78 Å². The normalized spacial score (nSPS) is 10.8. The van der Waals surface area contributed by atoms with Crippen LogP contribution in [-0.2, 0) is 17.6 Å². The number of methoxy groups -OCH3 is 1. The maximum absolute atomic E-state index is 13.1. The van der Waals surface area contributed by atoms with Crippen LogP contribution in [0.25, 0.3) is 10.9 Å². The lowest BCUT2D eigenvalue weighted by Gasteiger charge is -2.06. The second-order valence-electron chi connectivity index (χ2n) is 5.78. The average molecular weight is 344 g/mol. The number of aromatic amines is 1. The molecule has 6 heteroatoms. The molecule has 2 N–H and O–H groups in total. The van der Waals surface area contributed by atoms with Crippen LogP contribution in [0.5, 0.6) is 5.75 Å². The van der Waals surface area contributed by atoms with E-state index in [0.29, 0.717) is 18.5 Å². The van der Waals surface area contributed by atoms with Crippen molar-refractivity contribution in [2.24, 2.45) is 0 Å². The lowest BCUT2D eigenvalue weighted by Crippen LogP contribution is -2.27. The maximum atomic E-state index is 13.1. The monoisotopic (exact) mass is 344 g/mol. The van der Waals surface area contributed by atoms with Crippen molar-refractivity contribution in [1.29, 1.82) is 0 Å². The van der Waals surface area contributed by atoms with Crippen LogP contribution < -0.4 is 10.1 Å². The Kier molecular flexibility index (Phi) is 4.97.